The Labute approximate surface area is 290 Å². The molecule has 0 spiro atoms. The number of fused-ring (bicyclic) bond motifs is 2. The average molecular weight is 737 g/mol. The van der Waals surface area contributed by atoms with Crippen LogP contribution in [0.5, 0.6) is 0 Å². The fraction of sp³-hybridized carbons (Fsp3) is 0.100. The van der Waals surface area contributed by atoms with E-state index in [1.54, 1.807) is 0 Å². The van der Waals surface area contributed by atoms with Crippen LogP contribution >= 0.6 is 24.8 Å². The second-order valence-electron chi connectivity index (χ2n) is 11.8. The van der Waals surface area contributed by atoms with E-state index in [1.165, 1.54) is 55.7 Å². The summed E-state index contributed by atoms with van der Waals surface area (Å²) in [6.45, 7) is 5.13. The maximum Gasteiger partial charge on any atom is -0.147 e. The topological polar surface area (TPSA) is 26.3 Å². The molecule has 0 radical (unpaired) electrons. The van der Waals surface area contributed by atoms with Gasteiger partial charge < -0.3 is 0 Å². The standard InChI is InChI=1S/2C19H13O.C2H6Si.2ClH.Zr/c2*1-2-6-14(7-3-1)17-9-4-8-15-12-16(13-18(15)17)19-10-5-11-20-19;1-3-2;;;/h2*1-13H;1-2H3;2*1H;. The number of furan rings is 2. The zero-order valence-corrected chi connectivity index (χ0v) is 30.7. The fourth-order valence-corrected chi connectivity index (χ4v) is 27.1. The van der Waals surface area contributed by atoms with E-state index < -0.39 is 25.8 Å². The molecule has 0 amide bonds. The van der Waals surface area contributed by atoms with Gasteiger partial charge in [0.25, 0.3) is 0 Å². The third-order valence-corrected chi connectivity index (χ3v) is 28.3. The van der Waals surface area contributed by atoms with Gasteiger partial charge in [-0.3, -0.25) is 0 Å². The second-order valence-corrected chi connectivity index (χ2v) is 29.7. The van der Waals surface area contributed by atoms with Crippen LogP contribution in [-0.4, -0.2) is 5.43 Å². The monoisotopic (exact) mass is 734 g/mol. The summed E-state index contributed by atoms with van der Waals surface area (Å²) >= 11 is -2.51. The normalized spacial score (nSPS) is 16.0. The van der Waals surface area contributed by atoms with E-state index >= 15 is 0 Å². The molecular weight excluding hydrogens is 703 g/mol. The van der Waals surface area contributed by atoms with Crippen molar-refractivity contribution in [1.82, 2.24) is 0 Å². The molecule has 0 fully saturated rings. The molecule has 0 bridgehead atoms. The first-order valence-electron chi connectivity index (χ1n) is 15.2. The van der Waals surface area contributed by atoms with Gasteiger partial charge in [-0.15, -0.1) is 24.8 Å². The van der Waals surface area contributed by atoms with Crippen LogP contribution < -0.4 is 0 Å². The molecule has 46 heavy (non-hydrogen) atoms. The maximum atomic E-state index is 6.20. The van der Waals surface area contributed by atoms with Crippen molar-refractivity contribution >= 4 is 53.5 Å². The van der Waals surface area contributed by atoms with E-state index in [9.17, 15) is 0 Å². The van der Waals surface area contributed by atoms with E-state index in [1.807, 2.05) is 24.7 Å². The van der Waals surface area contributed by atoms with Crippen molar-refractivity contribution in [2.45, 2.75) is 20.3 Å². The molecule has 228 valence electrons. The number of hydrogen-bond acceptors (Lipinski definition) is 2. The Morgan fingerprint density at radius 1 is 0.500 bits per heavy atom. The van der Waals surface area contributed by atoms with Crippen molar-refractivity contribution in [2.24, 2.45) is 0 Å². The molecule has 0 saturated heterocycles. The molecule has 2 aromatic heterocycles. The maximum absolute atomic E-state index is 6.20. The summed E-state index contributed by atoms with van der Waals surface area (Å²) in [4.78, 5) is 0. The first-order chi connectivity index (χ1) is 21.7. The number of hydrogen-bond donors (Lipinski definition) is 0. The molecule has 2 aliphatic carbocycles. The number of halogens is 2. The minimum atomic E-state index is -2.51. The number of rotatable bonds is 6. The molecule has 0 aliphatic heterocycles. The molecule has 6 heteroatoms. The van der Waals surface area contributed by atoms with Crippen LogP contribution in [0, 0.1) is 0 Å². The molecule has 0 N–H and O–H groups in total. The Balaban J connectivity index is 0.00000186. The summed E-state index contributed by atoms with van der Waals surface area (Å²) in [5.41, 5.74) is 12.8. The van der Waals surface area contributed by atoms with Gasteiger partial charge in [-0.05, 0) is 0 Å². The first-order valence-corrected chi connectivity index (χ1v) is 24.3. The molecule has 2 heterocycles. The largest absolute Gasteiger partial charge is 0.147 e. The van der Waals surface area contributed by atoms with E-state index in [0.717, 1.165) is 11.5 Å². The Morgan fingerprint density at radius 3 is 1.30 bits per heavy atom. The van der Waals surface area contributed by atoms with Crippen LogP contribution in [0.1, 0.15) is 41.0 Å². The van der Waals surface area contributed by atoms with Crippen LogP contribution in [-0.2, 0) is 20.4 Å². The Hall–Kier alpha value is -3.40. The van der Waals surface area contributed by atoms with Gasteiger partial charge in [0.05, 0.1) is 0 Å². The minimum absolute atomic E-state index is 0. The van der Waals surface area contributed by atoms with E-state index in [4.69, 9.17) is 8.83 Å². The SMILES string of the molecule is C[Si](C)=[Zr]([CH]1C(c2ccco2)=Cc2c(-c3ccccc3)cccc21)[CH]1C(c2ccco2)=Cc2c(-c3ccccc3)cccc21.Cl.Cl. The Morgan fingerprint density at radius 2 is 0.935 bits per heavy atom. The molecule has 8 rings (SSSR count). The summed E-state index contributed by atoms with van der Waals surface area (Å²) in [6, 6.07) is 43.9. The van der Waals surface area contributed by atoms with E-state index in [-0.39, 0.29) is 24.8 Å². The van der Waals surface area contributed by atoms with Crippen LogP contribution in [0.25, 0.3) is 45.6 Å². The van der Waals surface area contributed by atoms with Crippen LogP contribution in [0.4, 0.5) is 0 Å². The third kappa shape index (κ3) is 5.60. The van der Waals surface area contributed by atoms with Gasteiger partial charge in [0.1, 0.15) is 0 Å². The van der Waals surface area contributed by atoms with Gasteiger partial charge >= 0.3 is 268 Å². The van der Waals surface area contributed by atoms with Gasteiger partial charge in [0, 0.05) is 0 Å². The van der Waals surface area contributed by atoms with Crippen molar-refractivity contribution in [3.63, 3.8) is 0 Å². The summed E-state index contributed by atoms with van der Waals surface area (Å²) in [5.74, 6) is 2.01. The Kier molecular flexibility index (Phi) is 9.73. The summed E-state index contributed by atoms with van der Waals surface area (Å²) in [5, 5.41) is 0. The van der Waals surface area contributed by atoms with Crippen LogP contribution in [0.15, 0.2) is 143 Å². The molecule has 2 nitrogen and oxygen atoms in total. The number of benzene rings is 4. The molecular formula is C40H34Cl2O2SiZr. The van der Waals surface area contributed by atoms with Gasteiger partial charge in [-0.1, -0.05) is 0 Å². The van der Waals surface area contributed by atoms with Crippen LogP contribution in [0.2, 0.25) is 13.1 Å². The van der Waals surface area contributed by atoms with E-state index in [2.05, 4.69) is 134 Å². The summed E-state index contributed by atoms with van der Waals surface area (Å²) in [7, 11) is 0. The number of allylic oxidation sites excluding steroid dienone is 2. The van der Waals surface area contributed by atoms with Crippen molar-refractivity contribution in [3.8, 4) is 22.3 Å². The molecule has 2 unspecified atom stereocenters. The van der Waals surface area contributed by atoms with Gasteiger partial charge in [-0.25, -0.2) is 0 Å². The predicted molar refractivity (Wildman–Crippen MR) is 194 cm³/mol. The van der Waals surface area contributed by atoms with Gasteiger partial charge in [0.2, 0.25) is 0 Å². The first kappa shape index (κ1) is 32.5. The van der Waals surface area contributed by atoms with Gasteiger partial charge in [-0.2, -0.15) is 0 Å². The third-order valence-electron chi connectivity index (χ3n) is 9.10. The molecule has 2 atom stereocenters. The predicted octanol–water partition coefficient (Wildman–Crippen LogP) is 11.8. The quantitative estimate of drug-likeness (QED) is 0.159. The molecule has 4 aromatic carbocycles. The van der Waals surface area contributed by atoms with Crippen LogP contribution in [0.3, 0.4) is 0 Å². The fourth-order valence-electron chi connectivity index (χ4n) is 7.27. The van der Waals surface area contributed by atoms with Crippen molar-refractivity contribution in [2.75, 3.05) is 0 Å². The summed E-state index contributed by atoms with van der Waals surface area (Å²) < 4.78 is 13.2. The van der Waals surface area contributed by atoms with Gasteiger partial charge in [0.15, 0.2) is 0 Å². The smallest absolute Gasteiger partial charge is 0.147 e. The minimum Gasteiger partial charge on any atom is -0.147 e. The van der Waals surface area contributed by atoms with Crippen molar-refractivity contribution < 1.29 is 29.2 Å². The van der Waals surface area contributed by atoms with Crippen molar-refractivity contribution in [3.05, 3.63) is 168 Å². The van der Waals surface area contributed by atoms with E-state index in [0.29, 0.717) is 7.25 Å². The van der Waals surface area contributed by atoms with Crippen molar-refractivity contribution in [1.29, 1.82) is 0 Å². The molecule has 6 aromatic rings. The Bertz CT molecular complexity index is 1930. The molecule has 0 saturated carbocycles. The average Bonchev–Trinajstić information content (AvgIpc) is 3.88. The zero-order chi connectivity index (χ0) is 29.6. The zero-order valence-electron chi connectivity index (χ0n) is 25.6. The molecule has 2 aliphatic rings. The second kappa shape index (κ2) is 13.8. The summed E-state index contributed by atoms with van der Waals surface area (Å²) in [6.07, 6.45) is 8.57.